The molecule has 2 N–H and O–H groups in total. The molecule has 1 atom stereocenters. The lowest BCUT2D eigenvalue weighted by molar-refractivity contribution is -0.384. The highest BCUT2D eigenvalue weighted by atomic mass is 32.2. The molecule has 132 valence electrons. The molecule has 10 heteroatoms. The summed E-state index contributed by atoms with van der Waals surface area (Å²) in [6.45, 7) is 3.37. The number of nitro groups is 1. The van der Waals surface area contributed by atoms with E-state index in [2.05, 4.69) is 15.8 Å². The van der Waals surface area contributed by atoms with Crippen molar-refractivity contribution in [1.29, 1.82) is 0 Å². The van der Waals surface area contributed by atoms with Crippen LogP contribution in [0.1, 0.15) is 12.7 Å². The van der Waals surface area contributed by atoms with Gasteiger partial charge in [0.2, 0.25) is 11.8 Å². The Labute approximate surface area is 147 Å². The molecule has 0 bridgehead atoms. The Morgan fingerprint density at radius 1 is 1.36 bits per heavy atom. The first-order valence-electron chi connectivity index (χ1n) is 7.25. The maximum atomic E-state index is 12.0. The first-order chi connectivity index (χ1) is 11.8. The number of aromatic nitrogens is 1. The van der Waals surface area contributed by atoms with Crippen LogP contribution in [0.5, 0.6) is 0 Å². The first kappa shape index (κ1) is 18.5. The summed E-state index contributed by atoms with van der Waals surface area (Å²) < 4.78 is 4.85. The van der Waals surface area contributed by atoms with E-state index in [1.165, 1.54) is 18.2 Å². The minimum atomic E-state index is -0.539. The minimum Gasteiger partial charge on any atom is -0.360 e. The minimum absolute atomic E-state index is 0.0229. The number of hydrogen-bond acceptors (Lipinski definition) is 7. The second-order valence-electron chi connectivity index (χ2n) is 5.12. The van der Waals surface area contributed by atoms with Crippen LogP contribution in [0.25, 0.3) is 0 Å². The van der Waals surface area contributed by atoms with Gasteiger partial charge in [-0.25, -0.2) is 0 Å². The lowest BCUT2D eigenvalue weighted by Gasteiger charge is -2.10. The van der Waals surface area contributed by atoms with E-state index in [4.69, 9.17) is 4.52 Å². The molecule has 0 radical (unpaired) electrons. The molecule has 0 spiro atoms. The van der Waals surface area contributed by atoms with E-state index in [-0.39, 0.29) is 23.3 Å². The maximum absolute atomic E-state index is 12.0. The molecular weight excluding hydrogens is 348 g/mol. The SMILES string of the molecule is Cc1cc(NC(=O)[C@H](C)SCC(=O)Nc2cccc([N+](=O)[O-])c2)no1. The molecule has 0 fully saturated rings. The largest absolute Gasteiger partial charge is 0.360 e. The summed E-state index contributed by atoms with van der Waals surface area (Å²) in [5, 5.41) is 19.0. The molecule has 2 rings (SSSR count). The number of amides is 2. The number of non-ortho nitro benzene ring substituents is 1. The number of benzene rings is 1. The van der Waals surface area contributed by atoms with Crippen molar-refractivity contribution in [3.8, 4) is 0 Å². The van der Waals surface area contributed by atoms with Gasteiger partial charge in [0.15, 0.2) is 5.82 Å². The van der Waals surface area contributed by atoms with Gasteiger partial charge in [0.05, 0.1) is 15.9 Å². The molecule has 9 nitrogen and oxygen atoms in total. The first-order valence-corrected chi connectivity index (χ1v) is 8.30. The summed E-state index contributed by atoms with van der Waals surface area (Å²) >= 11 is 1.13. The Morgan fingerprint density at radius 2 is 2.12 bits per heavy atom. The van der Waals surface area contributed by atoms with Crippen molar-refractivity contribution in [1.82, 2.24) is 5.16 Å². The van der Waals surface area contributed by atoms with E-state index in [1.54, 1.807) is 26.0 Å². The second-order valence-corrected chi connectivity index (χ2v) is 6.45. The van der Waals surface area contributed by atoms with E-state index in [9.17, 15) is 19.7 Å². The standard InChI is InChI=1S/C15H16N4O5S/c1-9-6-13(18-24-9)17-15(21)10(2)25-8-14(20)16-11-4-3-5-12(7-11)19(22)23/h3-7,10H,8H2,1-2H3,(H,16,20)(H,17,18,21)/t10-/m0/s1. The smallest absolute Gasteiger partial charge is 0.271 e. The Hall–Kier alpha value is -2.88. The van der Waals surface area contributed by atoms with Gasteiger partial charge in [-0.05, 0) is 19.9 Å². The number of aryl methyl sites for hydroxylation is 1. The van der Waals surface area contributed by atoms with Gasteiger partial charge >= 0.3 is 0 Å². The maximum Gasteiger partial charge on any atom is 0.271 e. The third-order valence-corrected chi connectivity index (χ3v) is 4.20. The number of anilines is 2. The zero-order valence-corrected chi connectivity index (χ0v) is 14.3. The highest BCUT2D eigenvalue weighted by Crippen LogP contribution is 2.18. The van der Waals surface area contributed by atoms with E-state index < -0.39 is 10.2 Å². The van der Waals surface area contributed by atoms with Gasteiger partial charge in [-0.2, -0.15) is 0 Å². The molecule has 25 heavy (non-hydrogen) atoms. The quantitative estimate of drug-likeness (QED) is 0.571. The predicted octanol–water partition coefficient (Wildman–Crippen LogP) is 2.59. The Morgan fingerprint density at radius 3 is 2.76 bits per heavy atom. The normalized spacial score (nSPS) is 11.6. The molecule has 2 amide bonds. The van der Waals surface area contributed by atoms with Crippen LogP contribution in [0.3, 0.4) is 0 Å². The number of nitro benzene ring substituents is 1. The number of nitrogens with one attached hydrogen (secondary N) is 2. The highest BCUT2D eigenvalue weighted by molar-refractivity contribution is 8.01. The summed E-state index contributed by atoms with van der Waals surface area (Å²) in [7, 11) is 0. The van der Waals surface area contributed by atoms with E-state index in [1.807, 2.05) is 0 Å². The molecule has 1 heterocycles. The van der Waals surface area contributed by atoms with Crippen molar-refractivity contribution in [3.63, 3.8) is 0 Å². The molecule has 0 aliphatic carbocycles. The van der Waals surface area contributed by atoms with Crippen LogP contribution in [-0.4, -0.2) is 32.9 Å². The molecule has 0 aliphatic rings. The molecule has 0 aliphatic heterocycles. The molecule has 2 aromatic rings. The van der Waals surface area contributed by atoms with E-state index >= 15 is 0 Å². The van der Waals surface area contributed by atoms with Gasteiger partial charge in [-0.3, -0.25) is 19.7 Å². The fraction of sp³-hybridized carbons (Fsp3) is 0.267. The average molecular weight is 364 g/mol. The fourth-order valence-electron chi connectivity index (χ4n) is 1.82. The zero-order valence-electron chi connectivity index (χ0n) is 13.5. The molecule has 1 aromatic heterocycles. The summed E-state index contributed by atoms with van der Waals surface area (Å²) in [6.07, 6.45) is 0. The van der Waals surface area contributed by atoms with E-state index in [0.29, 0.717) is 17.3 Å². The van der Waals surface area contributed by atoms with Crippen molar-refractivity contribution in [2.75, 3.05) is 16.4 Å². The Balaban J connectivity index is 1.81. The third kappa shape index (κ3) is 5.60. The van der Waals surface area contributed by atoms with Crippen LogP contribution in [0.4, 0.5) is 17.2 Å². The molecule has 0 saturated heterocycles. The number of carbonyl (C=O) groups is 2. The monoisotopic (exact) mass is 364 g/mol. The number of rotatable bonds is 7. The summed E-state index contributed by atoms with van der Waals surface area (Å²) in [5.74, 6) is 0.251. The van der Waals surface area contributed by atoms with Gasteiger partial charge in [0.25, 0.3) is 5.69 Å². The predicted molar refractivity (Wildman–Crippen MR) is 93.5 cm³/mol. The van der Waals surface area contributed by atoms with Gasteiger partial charge in [0, 0.05) is 23.9 Å². The molecule has 0 saturated carbocycles. The summed E-state index contributed by atoms with van der Waals surface area (Å²) in [5.41, 5.74) is 0.219. The molecule has 0 unspecified atom stereocenters. The molecule has 1 aromatic carbocycles. The van der Waals surface area contributed by atoms with Gasteiger partial charge < -0.3 is 15.2 Å². The van der Waals surface area contributed by atoms with Gasteiger partial charge in [0.1, 0.15) is 5.76 Å². The topological polar surface area (TPSA) is 127 Å². The van der Waals surface area contributed by atoms with Crippen molar-refractivity contribution in [3.05, 3.63) is 46.2 Å². The van der Waals surface area contributed by atoms with Crippen molar-refractivity contribution in [2.45, 2.75) is 19.1 Å². The number of thioether (sulfide) groups is 1. The lowest BCUT2D eigenvalue weighted by Crippen LogP contribution is -2.25. The zero-order chi connectivity index (χ0) is 18.4. The highest BCUT2D eigenvalue weighted by Gasteiger charge is 2.17. The Kier molecular flexibility index (Phi) is 6.12. The van der Waals surface area contributed by atoms with Crippen LogP contribution < -0.4 is 10.6 Å². The Bertz CT molecular complexity index is 792. The number of carbonyl (C=O) groups excluding carboxylic acids is 2. The second kappa shape index (κ2) is 8.29. The van der Waals surface area contributed by atoms with Crippen LogP contribution in [0, 0.1) is 17.0 Å². The van der Waals surface area contributed by atoms with Crippen molar-refractivity contribution in [2.24, 2.45) is 0 Å². The summed E-state index contributed by atoms with van der Waals surface area (Å²) in [4.78, 5) is 34.1. The van der Waals surface area contributed by atoms with E-state index in [0.717, 1.165) is 11.8 Å². The molecular formula is C15H16N4O5S. The third-order valence-electron chi connectivity index (χ3n) is 3.05. The average Bonchev–Trinajstić information content (AvgIpc) is 2.97. The van der Waals surface area contributed by atoms with Crippen molar-refractivity contribution >= 4 is 40.8 Å². The summed E-state index contributed by atoms with van der Waals surface area (Å²) in [6, 6.07) is 7.23. The van der Waals surface area contributed by atoms with Crippen LogP contribution >= 0.6 is 11.8 Å². The number of hydrogen-bond donors (Lipinski definition) is 2. The number of nitrogens with zero attached hydrogens (tertiary/aromatic N) is 2. The lowest BCUT2D eigenvalue weighted by atomic mass is 10.3. The van der Waals surface area contributed by atoms with Gasteiger partial charge in [-0.1, -0.05) is 11.2 Å². The van der Waals surface area contributed by atoms with Crippen molar-refractivity contribution < 1.29 is 19.0 Å². The van der Waals surface area contributed by atoms with Crippen LogP contribution in [-0.2, 0) is 9.59 Å². The van der Waals surface area contributed by atoms with Crippen LogP contribution in [0.15, 0.2) is 34.9 Å². The fourth-order valence-corrected chi connectivity index (χ4v) is 2.51. The van der Waals surface area contributed by atoms with Crippen LogP contribution in [0.2, 0.25) is 0 Å². The van der Waals surface area contributed by atoms with Gasteiger partial charge in [-0.15, -0.1) is 11.8 Å².